The van der Waals surface area contributed by atoms with Gasteiger partial charge in [0.1, 0.15) is 0 Å². The number of hydrogen-bond donors (Lipinski definition) is 0. The van der Waals surface area contributed by atoms with Crippen LogP contribution in [0.1, 0.15) is 9.67 Å². The van der Waals surface area contributed by atoms with Crippen LogP contribution in [0.15, 0.2) is 58.8 Å². The topological polar surface area (TPSA) is 43.4 Å². The van der Waals surface area contributed by atoms with Crippen LogP contribution in [0.4, 0.5) is 0 Å². The Labute approximate surface area is 152 Å². The van der Waals surface area contributed by atoms with E-state index < -0.39 is 5.97 Å². The summed E-state index contributed by atoms with van der Waals surface area (Å²) in [5.41, 5.74) is 0. The van der Waals surface area contributed by atoms with Gasteiger partial charge in [-0.25, -0.2) is 0 Å². The van der Waals surface area contributed by atoms with E-state index in [9.17, 15) is 9.59 Å². The smallest absolute Gasteiger partial charge is 0.316 e. The maximum atomic E-state index is 11.9. The Morgan fingerprint density at radius 2 is 1.88 bits per heavy atom. The maximum absolute atomic E-state index is 11.9. The number of ketones is 1. The second kappa shape index (κ2) is 7.83. The number of Topliss-reactive ketones (excluding diaryl/α,β-unsaturated/α-hetero) is 1. The van der Waals surface area contributed by atoms with Gasteiger partial charge >= 0.3 is 5.97 Å². The van der Waals surface area contributed by atoms with Gasteiger partial charge in [0, 0.05) is 15.3 Å². The third-order valence-corrected chi connectivity index (χ3v) is 5.58. The van der Waals surface area contributed by atoms with Gasteiger partial charge in [0.25, 0.3) is 0 Å². The zero-order valence-corrected chi connectivity index (χ0v) is 14.9. The molecule has 0 saturated carbocycles. The molecule has 3 rings (SSSR count). The summed E-state index contributed by atoms with van der Waals surface area (Å²) in [6.45, 7) is -0.226. The highest BCUT2D eigenvalue weighted by atomic mass is 35.5. The first kappa shape index (κ1) is 17.0. The van der Waals surface area contributed by atoms with Crippen molar-refractivity contribution in [3.8, 4) is 0 Å². The number of thioether (sulfide) groups is 1. The number of benzene rings is 2. The van der Waals surface area contributed by atoms with E-state index in [0.29, 0.717) is 9.90 Å². The lowest BCUT2D eigenvalue weighted by atomic mass is 10.1. The van der Waals surface area contributed by atoms with Crippen LogP contribution in [0.2, 0.25) is 5.02 Å². The SMILES string of the molecule is O=C(CSc1cccc2cccc(Cl)c12)OCC(=O)c1cccs1. The number of fused-ring (bicyclic) bond motifs is 1. The summed E-state index contributed by atoms with van der Waals surface area (Å²) in [4.78, 5) is 25.2. The third kappa shape index (κ3) is 3.98. The number of ether oxygens (including phenoxy) is 1. The van der Waals surface area contributed by atoms with Crippen molar-refractivity contribution in [3.63, 3.8) is 0 Å². The molecular weight excluding hydrogens is 364 g/mol. The van der Waals surface area contributed by atoms with Crippen molar-refractivity contribution < 1.29 is 14.3 Å². The van der Waals surface area contributed by atoms with Gasteiger partial charge in [-0.3, -0.25) is 9.59 Å². The van der Waals surface area contributed by atoms with Crippen molar-refractivity contribution in [2.24, 2.45) is 0 Å². The van der Waals surface area contributed by atoms with E-state index in [0.717, 1.165) is 15.7 Å². The molecule has 6 heteroatoms. The second-order valence-electron chi connectivity index (χ2n) is 4.94. The Hall–Kier alpha value is -1.82. The number of carbonyl (C=O) groups excluding carboxylic acids is 2. The molecular formula is C18H13ClO3S2. The fraction of sp³-hybridized carbons (Fsp3) is 0.111. The van der Waals surface area contributed by atoms with Crippen LogP contribution >= 0.6 is 34.7 Å². The van der Waals surface area contributed by atoms with E-state index in [1.165, 1.54) is 23.1 Å². The van der Waals surface area contributed by atoms with Crippen molar-refractivity contribution in [2.45, 2.75) is 4.90 Å². The summed E-state index contributed by atoms with van der Waals surface area (Å²) in [5, 5.41) is 4.41. The number of rotatable bonds is 6. The highest BCUT2D eigenvalue weighted by molar-refractivity contribution is 8.00. The molecule has 0 N–H and O–H groups in total. The van der Waals surface area contributed by atoms with Crippen molar-refractivity contribution in [1.82, 2.24) is 0 Å². The molecule has 1 heterocycles. The minimum Gasteiger partial charge on any atom is -0.457 e. The quantitative estimate of drug-likeness (QED) is 0.342. The Balaban J connectivity index is 1.60. The average Bonchev–Trinajstić information content (AvgIpc) is 3.12. The molecule has 24 heavy (non-hydrogen) atoms. The van der Waals surface area contributed by atoms with Crippen LogP contribution in [0.3, 0.4) is 0 Å². The van der Waals surface area contributed by atoms with Gasteiger partial charge < -0.3 is 4.74 Å². The van der Waals surface area contributed by atoms with Crippen molar-refractivity contribution >= 4 is 57.2 Å². The van der Waals surface area contributed by atoms with Crippen LogP contribution in [0.5, 0.6) is 0 Å². The monoisotopic (exact) mass is 376 g/mol. The van der Waals surface area contributed by atoms with E-state index in [2.05, 4.69) is 0 Å². The minimum atomic E-state index is -0.422. The Bertz CT molecular complexity index is 870. The van der Waals surface area contributed by atoms with Crippen LogP contribution in [-0.2, 0) is 9.53 Å². The molecule has 0 saturated heterocycles. The summed E-state index contributed by atoms with van der Waals surface area (Å²) >= 11 is 8.95. The lowest BCUT2D eigenvalue weighted by Gasteiger charge is -2.08. The Morgan fingerprint density at radius 3 is 2.62 bits per heavy atom. The van der Waals surface area contributed by atoms with E-state index >= 15 is 0 Å². The molecule has 122 valence electrons. The van der Waals surface area contributed by atoms with Crippen molar-refractivity contribution in [3.05, 3.63) is 63.8 Å². The molecule has 0 atom stereocenters. The maximum Gasteiger partial charge on any atom is 0.316 e. The number of carbonyl (C=O) groups is 2. The number of hydrogen-bond acceptors (Lipinski definition) is 5. The predicted molar refractivity (Wildman–Crippen MR) is 99.3 cm³/mol. The zero-order chi connectivity index (χ0) is 16.9. The molecule has 0 radical (unpaired) electrons. The molecule has 0 unspecified atom stereocenters. The minimum absolute atomic E-state index is 0.127. The van der Waals surface area contributed by atoms with Gasteiger partial charge in [-0.05, 0) is 29.0 Å². The first-order valence-corrected chi connectivity index (χ1v) is 9.42. The third-order valence-electron chi connectivity index (χ3n) is 3.32. The lowest BCUT2D eigenvalue weighted by molar-refractivity contribution is -0.139. The summed E-state index contributed by atoms with van der Waals surface area (Å²) in [6, 6.07) is 15.0. The highest BCUT2D eigenvalue weighted by Gasteiger charge is 2.12. The normalized spacial score (nSPS) is 10.7. The van der Waals surface area contributed by atoms with Gasteiger partial charge in [-0.15, -0.1) is 23.1 Å². The highest BCUT2D eigenvalue weighted by Crippen LogP contribution is 2.33. The molecule has 0 fully saturated rings. The molecule has 0 aliphatic carbocycles. The fourth-order valence-corrected chi connectivity index (χ4v) is 4.11. The van der Waals surface area contributed by atoms with Gasteiger partial charge in [0.05, 0.1) is 10.6 Å². The predicted octanol–water partition coefficient (Wildman–Crippen LogP) is 5.07. The molecule has 0 aliphatic heterocycles. The van der Waals surface area contributed by atoms with Crippen LogP contribution in [0.25, 0.3) is 10.8 Å². The van der Waals surface area contributed by atoms with Crippen LogP contribution < -0.4 is 0 Å². The molecule has 3 nitrogen and oxygen atoms in total. The summed E-state index contributed by atoms with van der Waals surface area (Å²) < 4.78 is 5.06. The number of halogens is 1. The van der Waals surface area contributed by atoms with Gasteiger partial charge in [0.2, 0.25) is 5.78 Å². The van der Waals surface area contributed by atoms with Crippen molar-refractivity contribution in [1.29, 1.82) is 0 Å². The largest absolute Gasteiger partial charge is 0.457 e. The summed E-state index contributed by atoms with van der Waals surface area (Å²) in [7, 11) is 0. The van der Waals surface area contributed by atoms with Crippen molar-refractivity contribution in [2.75, 3.05) is 12.4 Å². The Kier molecular flexibility index (Phi) is 5.56. The second-order valence-corrected chi connectivity index (χ2v) is 7.32. The summed E-state index contributed by atoms with van der Waals surface area (Å²) in [6.07, 6.45) is 0. The fourth-order valence-electron chi connectivity index (χ4n) is 2.22. The van der Waals surface area contributed by atoms with Crippen LogP contribution in [0, 0.1) is 0 Å². The average molecular weight is 377 g/mol. The van der Waals surface area contributed by atoms with E-state index in [4.69, 9.17) is 16.3 Å². The summed E-state index contributed by atoms with van der Waals surface area (Å²) in [5.74, 6) is -0.479. The molecule has 0 spiro atoms. The first-order valence-electron chi connectivity index (χ1n) is 7.17. The molecule has 3 aromatic rings. The molecule has 2 aromatic carbocycles. The molecule has 0 bridgehead atoms. The first-order chi connectivity index (χ1) is 11.6. The van der Waals surface area contributed by atoms with Gasteiger partial charge in [-0.1, -0.05) is 41.9 Å². The lowest BCUT2D eigenvalue weighted by Crippen LogP contribution is -2.14. The van der Waals surface area contributed by atoms with E-state index in [1.807, 2.05) is 41.8 Å². The van der Waals surface area contributed by atoms with Gasteiger partial charge in [-0.2, -0.15) is 0 Å². The number of thiophene rings is 1. The molecule has 0 aliphatic rings. The zero-order valence-electron chi connectivity index (χ0n) is 12.5. The van der Waals surface area contributed by atoms with E-state index in [1.54, 1.807) is 12.1 Å². The molecule has 1 aromatic heterocycles. The van der Waals surface area contributed by atoms with Gasteiger partial charge in [0.15, 0.2) is 6.61 Å². The standard InChI is InChI=1S/C18H13ClO3S2/c19-13-6-1-4-12-5-2-7-16(18(12)13)24-11-17(21)22-10-14(20)15-8-3-9-23-15/h1-9H,10-11H2. The molecule has 0 amide bonds. The van der Waals surface area contributed by atoms with Crippen LogP contribution in [-0.4, -0.2) is 24.1 Å². The Morgan fingerprint density at radius 1 is 1.08 bits per heavy atom. The number of esters is 1. The van der Waals surface area contributed by atoms with E-state index in [-0.39, 0.29) is 18.1 Å².